The molecule has 0 saturated carbocycles. The molecule has 1 aromatic heterocycles. The van der Waals surface area contributed by atoms with Crippen LogP contribution in [0.5, 0.6) is 11.5 Å². The van der Waals surface area contributed by atoms with E-state index in [1.165, 1.54) is 5.56 Å². The third-order valence-electron chi connectivity index (χ3n) is 5.27. The first-order valence-corrected chi connectivity index (χ1v) is 9.23. The van der Waals surface area contributed by atoms with Crippen LogP contribution in [0.4, 0.5) is 0 Å². The quantitative estimate of drug-likeness (QED) is 0.845. The molecule has 0 aliphatic carbocycles. The number of rotatable bonds is 6. The van der Waals surface area contributed by atoms with Crippen molar-refractivity contribution in [1.29, 1.82) is 0 Å². The molecule has 144 valence electrons. The summed E-state index contributed by atoms with van der Waals surface area (Å²) in [4.78, 5) is 14.4. The van der Waals surface area contributed by atoms with Gasteiger partial charge in [-0.25, -0.2) is 0 Å². The number of nitrogens with zero attached hydrogens (tertiary/aromatic N) is 2. The van der Waals surface area contributed by atoms with Crippen molar-refractivity contribution in [3.05, 3.63) is 41.2 Å². The van der Waals surface area contributed by atoms with Crippen molar-refractivity contribution in [2.24, 2.45) is 5.41 Å². The van der Waals surface area contributed by atoms with Gasteiger partial charge in [-0.15, -0.1) is 0 Å². The molecule has 7 nitrogen and oxygen atoms in total. The Morgan fingerprint density at radius 3 is 3.00 bits per heavy atom. The SMILES string of the molecule is COCc1cc(CN2C[C@](C)(Cc3ccc4c(c3)OCO4)CCC2=O)[nH]n1. The maximum atomic E-state index is 12.5. The van der Waals surface area contributed by atoms with Crippen LogP contribution in [0.3, 0.4) is 0 Å². The molecular formula is C20H25N3O4. The fourth-order valence-corrected chi connectivity index (χ4v) is 3.94. The molecule has 1 aromatic carbocycles. The second-order valence-electron chi connectivity index (χ2n) is 7.74. The highest BCUT2D eigenvalue weighted by Gasteiger charge is 2.35. The number of fused-ring (bicyclic) bond motifs is 1. The van der Waals surface area contributed by atoms with Crippen molar-refractivity contribution < 1.29 is 19.0 Å². The molecule has 1 saturated heterocycles. The number of nitrogens with one attached hydrogen (secondary N) is 1. The predicted octanol–water partition coefficient (Wildman–Crippen LogP) is 2.66. The molecule has 27 heavy (non-hydrogen) atoms. The van der Waals surface area contributed by atoms with Crippen molar-refractivity contribution >= 4 is 5.91 Å². The van der Waals surface area contributed by atoms with E-state index in [1.54, 1.807) is 7.11 Å². The molecule has 1 fully saturated rings. The van der Waals surface area contributed by atoms with Gasteiger partial charge in [-0.2, -0.15) is 5.10 Å². The van der Waals surface area contributed by atoms with Crippen LogP contribution in [0.2, 0.25) is 0 Å². The van der Waals surface area contributed by atoms with Crippen molar-refractivity contribution in [1.82, 2.24) is 15.1 Å². The van der Waals surface area contributed by atoms with Gasteiger partial charge >= 0.3 is 0 Å². The van der Waals surface area contributed by atoms with E-state index in [0.29, 0.717) is 19.6 Å². The molecule has 1 atom stereocenters. The molecule has 2 aliphatic heterocycles. The monoisotopic (exact) mass is 371 g/mol. The van der Waals surface area contributed by atoms with Crippen LogP contribution in [0, 0.1) is 5.41 Å². The Hall–Kier alpha value is -2.54. The summed E-state index contributed by atoms with van der Waals surface area (Å²) in [6, 6.07) is 8.07. The van der Waals surface area contributed by atoms with Crippen molar-refractivity contribution in [2.75, 3.05) is 20.4 Å². The van der Waals surface area contributed by atoms with E-state index in [-0.39, 0.29) is 18.1 Å². The minimum Gasteiger partial charge on any atom is -0.454 e. The molecular weight excluding hydrogens is 346 g/mol. The van der Waals surface area contributed by atoms with Crippen LogP contribution in [-0.4, -0.2) is 41.5 Å². The van der Waals surface area contributed by atoms with E-state index < -0.39 is 0 Å². The lowest BCUT2D eigenvalue weighted by molar-refractivity contribution is -0.138. The number of hydrogen-bond donors (Lipinski definition) is 1. The molecule has 0 bridgehead atoms. The Kier molecular flexibility index (Phi) is 4.78. The molecule has 4 rings (SSSR count). The summed E-state index contributed by atoms with van der Waals surface area (Å²) in [5, 5.41) is 7.23. The molecule has 0 unspecified atom stereocenters. The van der Waals surface area contributed by atoms with Gasteiger partial charge in [-0.05, 0) is 42.0 Å². The summed E-state index contributed by atoms with van der Waals surface area (Å²) in [7, 11) is 1.64. The van der Waals surface area contributed by atoms with E-state index in [1.807, 2.05) is 17.0 Å². The van der Waals surface area contributed by atoms with Crippen molar-refractivity contribution in [2.45, 2.75) is 39.3 Å². The Morgan fingerprint density at radius 2 is 2.15 bits per heavy atom. The Balaban J connectivity index is 1.44. The maximum Gasteiger partial charge on any atom is 0.231 e. The lowest BCUT2D eigenvalue weighted by atomic mass is 9.76. The summed E-state index contributed by atoms with van der Waals surface area (Å²) in [6.07, 6.45) is 2.35. The third-order valence-corrected chi connectivity index (χ3v) is 5.27. The molecule has 1 amide bonds. The highest BCUT2D eigenvalue weighted by atomic mass is 16.7. The van der Waals surface area contributed by atoms with Crippen LogP contribution < -0.4 is 9.47 Å². The van der Waals surface area contributed by atoms with Crippen LogP contribution in [-0.2, 0) is 29.1 Å². The number of piperidine rings is 1. The number of ether oxygens (including phenoxy) is 3. The van der Waals surface area contributed by atoms with Gasteiger partial charge in [0.15, 0.2) is 11.5 Å². The molecule has 2 aromatic rings. The molecule has 3 heterocycles. The highest BCUT2D eigenvalue weighted by Crippen LogP contribution is 2.38. The van der Waals surface area contributed by atoms with Gasteiger partial charge in [0.05, 0.1) is 24.5 Å². The number of likely N-dealkylation sites (tertiary alicyclic amines) is 1. The molecule has 2 aliphatic rings. The first-order valence-electron chi connectivity index (χ1n) is 9.23. The number of H-pyrrole nitrogens is 1. The summed E-state index contributed by atoms with van der Waals surface area (Å²) >= 11 is 0. The average Bonchev–Trinajstić information content (AvgIpc) is 3.27. The Labute approximate surface area is 158 Å². The first kappa shape index (κ1) is 17.9. The predicted molar refractivity (Wildman–Crippen MR) is 98.3 cm³/mol. The third kappa shape index (κ3) is 3.93. The summed E-state index contributed by atoms with van der Waals surface area (Å²) < 4.78 is 16.0. The second kappa shape index (κ2) is 7.23. The summed E-state index contributed by atoms with van der Waals surface area (Å²) in [5.41, 5.74) is 3.01. The van der Waals surface area contributed by atoms with Crippen LogP contribution >= 0.6 is 0 Å². The van der Waals surface area contributed by atoms with E-state index >= 15 is 0 Å². The topological polar surface area (TPSA) is 76.7 Å². The van der Waals surface area contributed by atoms with E-state index in [4.69, 9.17) is 14.2 Å². The number of aromatic amines is 1. The van der Waals surface area contributed by atoms with Gasteiger partial charge in [0, 0.05) is 20.1 Å². The highest BCUT2D eigenvalue weighted by molar-refractivity contribution is 5.77. The van der Waals surface area contributed by atoms with Crippen LogP contribution in [0.1, 0.15) is 36.7 Å². The number of benzene rings is 1. The van der Waals surface area contributed by atoms with Gasteiger partial charge < -0.3 is 19.1 Å². The van der Waals surface area contributed by atoms with Gasteiger partial charge in [-0.3, -0.25) is 9.89 Å². The molecule has 7 heteroatoms. The largest absolute Gasteiger partial charge is 0.454 e. The van der Waals surface area contributed by atoms with Crippen LogP contribution in [0.15, 0.2) is 24.3 Å². The zero-order valence-corrected chi connectivity index (χ0v) is 15.8. The van der Waals surface area contributed by atoms with Crippen LogP contribution in [0.25, 0.3) is 0 Å². The summed E-state index contributed by atoms with van der Waals surface area (Å²) in [5.74, 6) is 1.81. The first-order chi connectivity index (χ1) is 13.0. The average molecular weight is 371 g/mol. The van der Waals surface area contributed by atoms with Crippen molar-refractivity contribution in [3.63, 3.8) is 0 Å². The number of aromatic nitrogens is 2. The zero-order valence-electron chi connectivity index (χ0n) is 15.8. The minimum atomic E-state index is 0.0248. The van der Waals surface area contributed by atoms with Gasteiger partial charge in [0.2, 0.25) is 12.7 Å². The smallest absolute Gasteiger partial charge is 0.231 e. The lowest BCUT2D eigenvalue weighted by Gasteiger charge is -2.40. The standard InChI is InChI=1S/C20H25N3O4/c1-20(9-14-3-4-17-18(7-14)27-13-26-17)6-5-19(24)23(12-20)10-15-8-16(11-25-2)22-21-15/h3-4,7-8H,5-6,9-13H2,1-2H3,(H,21,22)/t20-/m0/s1. The Morgan fingerprint density at radius 1 is 1.30 bits per heavy atom. The van der Waals surface area contributed by atoms with E-state index in [2.05, 4.69) is 29.3 Å². The minimum absolute atomic E-state index is 0.0248. The van der Waals surface area contributed by atoms with Gasteiger partial charge in [0.25, 0.3) is 0 Å². The maximum absolute atomic E-state index is 12.5. The molecule has 1 N–H and O–H groups in total. The summed E-state index contributed by atoms with van der Waals surface area (Å²) in [6.45, 7) is 4.27. The second-order valence-corrected chi connectivity index (χ2v) is 7.74. The van der Waals surface area contributed by atoms with Gasteiger partial charge in [0.1, 0.15) is 0 Å². The van der Waals surface area contributed by atoms with E-state index in [0.717, 1.165) is 42.3 Å². The molecule has 0 radical (unpaired) electrons. The number of methoxy groups -OCH3 is 1. The zero-order chi connectivity index (χ0) is 18.9. The van der Waals surface area contributed by atoms with E-state index in [9.17, 15) is 4.79 Å². The number of carbonyl (C=O) groups excluding carboxylic acids is 1. The van der Waals surface area contributed by atoms with Crippen molar-refractivity contribution in [3.8, 4) is 11.5 Å². The Bertz CT molecular complexity index is 834. The van der Waals surface area contributed by atoms with Gasteiger partial charge in [-0.1, -0.05) is 13.0 Å². The number of amides is 1. The normalized spacial score (nSPS) is 21.7. The fraction of sp³-hybridized carbons (Fsp3) is 0.500. The molecule has 0 spiro atoms. The number of hydrogen-bond acceptors (Lipinski definition) is 5. The fourth-order valence-electron chi connectivity index (χ4n) is 3.94. The lowest BCUT2D eigenvalue weighted by Crippen LogP contribution is -2.45. The number of carbonyl (C=O) groups is 1.